The van der Waals surface area contributed by atoms with Crippen LogP contribution in [-0.2, 0) is 12.4 Å². The molecule has 0 N–H and O–H groups in total. The van der Waals surface area contributed by atoms with Crippen molar-refractivity contribution in [3.63, 3.8) is 0 Å². The molecule has 12 rings (SSSR count). The molecule has 0 spiro atoms. The summed E-state index contributed by atoms with van der Waals surface area (Å²) in [6.45, 7) is 9.43. The van der Waals surface area contributed by atoms with Crippen LogP contribution in [0.15, 0.2) is 97.1 Å². The molecule has 0 aliphatic heterocycles. The van der Waals surface area contributed by atoms with Gasteiger partial charge in [-0.05, 0) is 307 Å². The van der Waals surface area contributed by atoms with Crippen molar-refractivity contribution in [2.45, 2.75) is 269 Å². The van der Waals surface area contributed by atoms with Crippen LogP contribution < -0.4 is 0 Å². The monoisotopic (exact) mass is 1320 g/mol. The van der Waals surface area contributed by atoms with Gasteiger partial charge < -0.3 is 0 Å². The highest BCUT2D eigenvalue weighted by Gasteiger charge is 2.38. The molecule has 8 saturated carbocycles. The van der Waals surface area contributed by atoms with Gasteiger partial charge in [0.1, 0.15) is 11.6 Å². The summed E-state index contributed by atoms with van der Waals surface area (Å²) in [5.41, 5.74) is 3.01. The van der Waals surface area contributed by atoms with Crippen molar-refractivity contribution in [1.29, 1.82) is 0 Å². The minimum Gasteiger partial charge on any atom is -0.206 e. The summed E-state index contributed by atoms with van der Waals surface area (Å²) >= 11 is 0. The summed E-state index contributed by atoms with van der Waals surface area (Å²) in [6, 6.07) is 21.8. The quantitative estimate of drug-likeness (QED) is 0.139. The number of alkyl halides is 6. The molecule has 4 aromatic carbocycles. The Morgan fingerprint density at radius 2 is 0.564 bits per heavy atom. The zero-order valence-electron chi connectivity index (χ0n) is 56.6. The third-order valence-electron chi connectivity index (χ3n) is 24.9. The Labute approximate surface area is 555 Å². The molecule has 0 aromatic heterocycles. The van der Waals surface area contributed by atoms with E-state index >= 15 is 0 Å². The molecule has 94 heavy (non-hydrogen) atoms. The molecule has 0 amide bonds. The predicted molar refractivity (Wildman–Crippen MR) is 359 cm³/mol. The molecule has 520 valence electrons. The molecule has 0 heterocycles. The number of halogens is 12. The Balaban J connectivity index is 0.000000148. The van der Waals surface area contributed by atoms with E-state index < -0.39 is 47.3 Å². The lowest BCUT2D eigenvalue weighted by atomic mass is 9.68. The number of hydrogen-bond donors (Lipinski definition) is 0. The van der Waals surface area contributed by atoms with Crippen LogP contribution in [0, 0.1) is 82.6 Å². The van der Waals surface area contributed by atoms with Crippen LogP contribution in [0.2, 0.25) is 0 Å². The van der Waals surface area contributed by atoms with Crippen molar-refractivity contribution >= 4 is 12.2 Å². The Bertz CT molecular complexity index is 2920. The highest BCUT2D eigenvalue weighted by atomic mass is 19.4. The Hall–Kier alpha value is -4.48. The van der Waals surface area contributed by atoms with E-state index in [1.54, 1.807) is 12.1 Å². The second-order valence-corrected chi connectivity index (χ2v) is 31.2. The minimum atomic E-state index is -4.61. The van der Waals surface area contributed by atoms with Gasteiger partial charge in [0.2, 0.25) is 0 Å². The van der Waals surface area contributed by atoms with Crippen LogP contribution in [0.3, 0.4) is 0 Å². The van der Waals surface area contributed by atoms with E-state index in [2.05, 4.69) is 27.7 Å². The van der Waals surface area contributed by atoms with E-state index in [1.807, 2.05) is 30.3 Å². The maximum absolute atomic E-state index is 14.0. The lowest BCUT2D eigenvalue weighted by Gasteiger charge is -2.37. The maximum Gasteiger partial charge on any atom is 0.419 e. The van der Waals surface area contributed by atoms with Gasteiger partial charge in [-0.15, -0.1) is 0 Å². The number of hydrogen-bond acceptors (Lipinski definition) is 0. The first-order chi connectivity index (χ1) is 44.9. The maximum atomic E-state index is 14.0. The van der Waals surface area contributed by atoms with Crippen molar-refractivity contribution in [1.82, 2.24) is 0 Å². The van der Waals surface area contributed by atoms with Gasteiger partial charge >= 0.3 is 12.4 Å². The van der Waals surface area contributed by atoms with Crippen molar-refractivity contribution in [3.05, 3.63) is 153 Å². The molecule has 12 heteroatoms. The van der Waals surface area contributed by atoms with Crippen LogP contribution in [0.1, 0.15) is 301 Å². The minimum absolute atomic E-state index is 0.0243. The zero-order chi connectivity index (χ0) is 67.1. The summed E-state index contributed by atoms with van der Waals surface area (Å²) in [6.07, 6.45) is 30.1. The lowest BCUT2D eigenvalue weighted by Crippen LogP contribution is -2.24. The molecular weight excluding hydrogens is 1210 g/mol. The van der Waals surface area contributed by atoms with E-state index in [0.717, 1.165) is 157 Å². The lowest BCUT2D eigenvalue weighted by molar-refractivity contribution is -0.140. The number of benzene rings is 4. The normalized spacial score (nSPS) is 31.7. The second-order valence-electron chi connectivity index (χ2n) is 31.2. The third kappa shape index (κ3) is 21.8. The smallest absolute Gasteiger partial charge is 0.206 e. The van der Waals surface area contributed by atoms with Gasteiger partial charge in [0.05, 0.1) is 11.1 Å². The van der Waals surface area contributed by atoms with Crippen LogP contribution in [0.5, 0.6) is 0 Å². The van der Waals surface area contributed by atoms with E-state index in [1.165, 1.54) is 190 Å². The fourth-order valence-electron chi connectivity index (χ4n) is 18.7. The third-order valence-corrected chi connectivity index (χ3v) is 24.9. The van der Waals surface area contributed by atoms with E-state index in [9.17, 15) is 52.7 Å². The topological polar surface area (TPSA) is 0 Å². The van der Waals surface area contributed by atoms with Crippen molar-refractivity contribution in [2.24, 2.45) is 71.0 Å². The van der Waals surface area contributed by atoms with Gasteiger partial charge in [-0.2, -0.15) is 43.9 Å². The zero-order valence-corrected chi connectivity index (χ0v) is 56.6. The first-order valence-corrected chi connectivity index (χ1v) is 36.9. The highest BCUT2D eigenvalue weighted by Crippen LogP contribution is 2.49. The molecule has 0 saturated heterocycles. The van der Waals surface area contributed by atoms with Crippen LogP contribution in [-0.4, -0.2) is 0 Å². The highest BCUT2D eigenvalue weighted by molar-refractivity contribution is 5.52. The average Bonchev–Trinajstić information content (AvgIpc) is 0.880. The fourth-order valence-corrected chi connectivity index (χ4v) is 18.7. The van der Waals surface area contributed by atoms with Crippen molar-refractivity contribution in [2.75, 3.05) is 0 Å². The van der Waals surface area contributed by atoms with E-state index in [4.69, 9.17) is 0 Å². The molecule has 0 nitrogen and oxygen atoms in total. The summed E-state index contributed by atoms with van der Waals surface area (Å²) in [5.74, 6) is 10.5. The molecule has 4 aromatic rings. The van der Waals surface area contributed by atoms with Crippen molar-refractivity contribution < 1.29 is 52.7 Å². The predicted octanol–water partition coefficient (Wildman–Crippen LogP) is 27.9. The molecule has 0 radical (unpaired) electrons. The summed E-state index contributed by atoms with van der Waals surface area (Å²) in [4.78, 5) is 0. The SMILES string of the molecule is CC1CCC(C2CCC(c3ccc(C(F)(F)F)c(F)c3)CC2)CC1.CC1CCC(C2CCC(c3ccc(C(F)(F)F)cc3)CC2)CC1.CC1CCC(C2CCC(c3ccc(C=C(F)F)c(F)c3)CC2)CC1.CC1CCC(C2CCC(c3ccc(C=C(F)F)cc3)CC2)CC1. The van der Waals surface area contributed by atoms with Gasteiger partial charge in [-0.1, -0.05) is 134 Å². The average molecular weight is 1320 g/mol. The summed E-state index contributed by atoms with van der Waals surface area (Å²) in [7, 11) is 0. The molecule has 8 fully saturated rings. The van der Waals surface area contributed by atoms with Gasteiger partial charge in [-0.25, -0.2) is 8.78 Å². The van der Waals surface area contributed by atoms with Gasteiger partial charge in [0.25, 0.3) is 12.2 Å². The summed E-state index contributed by atoms with van der Waals surface area (Å²) < 4.78 is 153. The molecule has 8 aliphatic carbocycles. The fraction of sp³-hybridized carbons (Fsp3) is 0.659. The number of rotatable bonds is 10. The molecule has 8 aliphatic rings. The molecule has 0 atom stereocenters. The Kier molecular flexibility index (Phi) is 27.3. The van der Waals surface area contributed by atoms with Gasteiger partial charge in [-0.3, -0.25) is 0 Å². The molecular formula is C82H108F12. The van der Waals surface area contributed by atoms with Crippen LogP contribution in [0.4, 0.5) is 52.7 Å². The first kappa shape index (κ1) is 73.8. The second kappa shape index (κ2) is 34.8. The van der Waals surface area contributed by atoms with E-state index in [-0.39, 0.29) is 11.5 Å². The molecule has 0 unspecified atom stereocenters. The summed E-state index contributed by atoms with van der Waals surface area (Å²) in [5, 5.41) is 0. The van der Waals surface area contributed by atoms with E-state index in [0.29, 0.717) is 29.4 Å². The first-order valence-electron chi connectivity index (χ1n) is 36.9. The van der Waals surface area contributed by atoms with Crippen molar-refractivity contribution in [3.8, 4) is 0 Å². The standard InChI is InChI=1S/C21H27F3.C21H28F2.C20H26F4.C20H27F3/c1-14-2-4-15(5-3-14)16-6-8-17(9-7-16)18-10-11-19(13-21(23)24)20(22)12-18;1-15-2-6-17(7-3-15)19-10-12-20(13-11-19)18-8-4-16(5-9-18)14-21(22)23;1-13-2-4-14(5-3-13)15-6-8-16(9-7-15)17-10-11-18(19(21)12-17)20(22,23)24;1-14-2-4-15(5-3-14)16-6-8-17(9-7-16)18-10-12-19(13-11-18)20(21,22)23/h10-17H,2-9H2,1H3;4-5,8-9,14-15,17,19-20H,2-3,6-7,10-13H2,1H3;10-16H,2-9H2,1H3;10-17H,2-9H2,1H3. The van der Waals surface area contributed by atoms with Gasteiger partial charge in [0.15, 0.2) is 0 Å². The van der Waals surface area contributed by atoms with Crippen LogP contribution >= 0.6 is 0 Å². The Morgan fingerprint density at radius 3 is 0.840 bits per heavy atom. The van der Waals surface area contributed by atoms with Crippen LogP contribution in [0.25, 0.3) is 12.2 Å². The molecule has 0 bridgehead atoms. The largest absolute Gasteiger partial charge is 0.419 e. The van der Waals surface area contributed by atoms with Gasteiger partial charge in [0, 0.05) is 17.7 Å². The Morgan fingerprint density at radius 1 is 0.298 bits per heavy atom.